The second kappa shape index (κ2) is 6.57. The molecule has 0 heterocycles. The summed E-state index contributed by atoms with van der Waals surface area (Å²) in [6.07, 6.45) is 4.07. The molecule has 2 N–H and O–H groups in total. The van der Waals surface area contributed by atoms with Crippen molar-refractivity contribution in [3.8, 4) is 5.75 Å². The molecule has 0 saturated heterocycles. The van der Waals surface area contributed by atoms with E-state index in [4.69, 9.17) is 4.74 Å². The summed E-state index contributed by atoms with van der Waals surface area (Å²) in [4.78, 5) is 11.7. The van der Waals surface area contributed by atoms with Gasteiger partial charge in [-0.3, -0.25) is 4.79 Å². The van der Waals surface area contributed by atoms with Crippen LogP contribution in [0.2, 0.25) is 0 Å². The first kappa shape index (κ1) is 13.9. The number of rotatable bonds is 5. The molecule has 1 amide bonds. The van der Waals surface area contributed by atoms with Crippen LogP contribution in [0, 0.1) is 0 Å². The van der Waals surface area contributed by atoms with E-state index < -0.39 is 6.10 Å². The summed E-state index contributed by atoms with van der Waals surface area (Å²) in [5.41, 5.74) is 0.836. The Morgan fingerprint density at radius 1 is 1.37 bits per heavy atom. The molecule has 4 heteroatoms. The number of aliphatic hydroxyl groups excluding tert-OH is 1. The molecule has 0 spiro atoms. The van der Waals surface area contributed by atoms with Gasteiger partial charge in [0, 0.05) is 6.04 Å². The van der Waals surface area contributed by atoms with Gasteiger partial charge < -0.3 is 15.2 Å². The first-order valence-corrected chi connectivity index (χ1v) is 6.85. The third-order valence-electron chi connectivity index (χ3n) is 3.45. The van der Waals surface area contributed by atoms with Gasteiger partial charge in [0.25, 0.3) is 5.91 Å². The van der Waals surface area contributed by atoms with E-state index in [1.165, 1.54) is 12.8 Å². The molecule has 1 atom stereocenters. The van der Waals surface area contributed by atoms with Crippen molar-refractivity contribution in [2.75, 3.05) is 6.61 Å². The van der Waals surface area contributed by atoms with Crippen molar-refractivity contribution in [1.29, 1.82) is 0 Å². The van der Waals surface area contributed by atoms with E-state index in [9.17, 15) is 9.90 Å². The fourth-order valence-electron chi connectivity index (χ4n) is 2.33. The Kier molecular flexibility index (Phi) is 4.80. The number of benzene rings is 1. The van der Waals surface area contributed by atoms with Crippen LogP contribution >= 0.6 is 0 Å². The average Bonchev–Trinajstić information content (AvgIpc) is 2.89. The molecule has 1 aromatic rings. The normalized spacial score (nSPS) is 17.2. The zero-order valence-corrected chi connectivity index (χ0v) is 11.3. The quantitative estimate of drug-likeness (QED) is 0.856. The van der Waals surface area contributed by atoms with E-state index in [0.717, 1.165) is 18.4 Å². The minimum atomic E-state index is -0.486. The van der Waals surface area contributed by atoms with E-state index in [2.05, 4.69) is 5.32 Å². The summed E-state index contributed by atoms with van der Waals surface area (Å²) >= 11 is 0. The number of ether oxygens (including phenoxy) is 1. The molecule has 0 unspecified atom stereocenters. The minimum absolute atomic E-state index is 0.0462. The molecule has 1 aliphatic rings. The van der Waals surface area contributed by atoms with Gasteiger partial charge in [-0.1, -0.05) is 25.0 Å². The lowest BCUT2D eigenvalue weighted by molar-refractivity contribution is -0.123. The monoisotopic (exact) mass is 263 g/mol. The third kappa shape index (κ3) is 4.24. The predicted molar refractivity (Wildman–Crippen MR) is 73.0 cm³/mol. The maximum Gasteiger partial charge on any atom is 0.258 e. The maximum atomic E-state index is 11.7. The molecule has 1 saturated carbocycles. The Hall–Kier alpha value is -1.55. The first-order chi connectivity index (χ1) is 9.15. The summed E-state index contributed by atoms with van der Waals surface area (Å²) in [7, 11) is 0. The predicted octanol–water partition coefficient (Wildman–Crippen LogP) is 2.18. The van der Waals surface area contributed by atoms with E-state index in [1.54, 1.807) is 31.2 Å². The van der Waals surface area contributed by atoms with Gasteiger partial charge >= 0.3 is 0 Å². The smallest absolute Gasteiger partial charge is 0.258 e. The van der Waals surface area contributed by atoms with E-state index in [0.29, 0.717) is 11.8 Å². The molecule has 19 heavy (non-hydrogen) atoms. The van der Waals surface area contributed by atoms with Crippen molar-refractivity contribution >= 4 is 5.91 Å². The molecule has 1 fully saturated rings. The Morgan fingerprint density at radius 3 is 2.58 bits per heavy atom. The Labute approximate surface area is 113 Å². The van der Waals surface area contributed by atoms with Gasteiger partial charge in [-0.05, 0) is 37.5 Å². The van der Waals surface area contributed by atoms with Crippen LogP contribution in [0.5, 0.6) is 5.75 Å². The zero-order chi connectivity index (χ0) is 13.7. The maximum absolute atomic E-state index is 11.7. The molecule has 4 nitrogen and oxygen atoms in total. The fraction of sp³-hybridized carbons (Fsp3) is 0.533. The first-order valence-electron chi connectivity index (χ1n) is 6.85. The molecular formula is C15H21NO3. The topological polar surface area (TPSA) is 58.6 Å². The van der Waals surface area contributed by atoms with Gasteiger partial charge in [0.2, 0.25) is 0 Å². The highest BCUT2D eigenvalue weighted by molar-refractivity contribution is 5.77. The number of carbonyl (C=O) groups excluding carboxylic acids is 1. The number of hydrogen-bond donors (Lipinski definition) is 2. The van der Waals surface area contributed by atoms with Crippen LogP contribution in [0.3, 0.4) is 0 Å². The molecular weight excluding hydrogens is 242 g/mol. The number of aliphatic hydroxyl groups is 1. The molecule has 2 rings (SSSR count). The minimum Gasteiger partial charge on any atom is -0.484 e. The second-order valence-corrected chi connectivity index (χ2v) is 5.08. The van der Waals surface area contributed by atoms with Crippen molar-refractivity contribution in [1.82, 2.24) is 5.32 Å². The largest absolute Gasteiger partial charge is 0.484 e. The van der Waals surface area contributed by atoms with Crippen LogP contribution in [-0.4, -0.2) is 23.7 Å². The third-order valence-corrected chi connectivity index (χ3v) is 3.45. The van der Waals surface area contributed by atoms with Gasteiger partial charge in [0.15, 0.2) is 6.61 Å². The summed E-state index contributed by atoms with van der Waals surface area (Å²) < 4.78 is 5.42. The SMILES string of the molecule is C[C@H](O)c1ccc(OCC(=O)NC2CCCC2)cc1. The summed E-state index contributed by atoms with van der Waals surface area (Å²) in [5.74, 6) is 0.581. The van der Waals surface area contributed by atoms with Crippen LogP contribution in [0.1, 0.15) is 44.3 Å². The van der Waals surface area contributed by atoms with Crippen LogP contribution in [0.25, 0.3) is 0 Å². The Balaban J connectivity index is 1.76. The molecule has 0 aromatic heterocycles. The van der Waals surface area contributed by atoms with Crippen LogP contribution in [0.4, 0.5) is 0 Å². The highest BCUT2D eigenvalue weighted by Gasteiger charge is 2.17. The fourth-order valence-corrected chi connectivity index (χ4v) is 2.33. The standard InChI is InChI=1S/C15H21NO3/c1-11(17)12-6-8-14(9-7-12)19-10-15(18)16-13-4-2-3-5-13/h6-9,11,13,17H,2-5,10H2,1H3,(H,16,18)/t11-/m0/s1. The number of carbonyl (C=O) groups is 1. The molecule has 0 aliphatic heterocycles. The summed E-state index contributed by atoms with van der Waals surface area (Å²) in [6.45, 7) is 1.76. The van der Waals surface area contributed by atoms with E-state index in [-0.39, 0.29) is 12.5 Å². The van der Waals surface area contributed by atoms with Gasteiger partial charge in [-0.15, -0.1) is 0 Å². The van der Waals surface area contributed by atoms with E-state index in [1.807, 2.05) is 0 Å². The van der Waals surface area contributed by atoms with Crippen molar-refractivity contribution in [2.45, 2.75) is 44.8 Å². The van der Waals surface area contributed by atoms with Crippen molar-refractivity contribution in [3.05, 3.63) is 29.8 Å². The highest BCUT2D eigenvalue weighted by Crippen LogP contribution is 2.18. The number of nitrogens with one attached hydrogen (secondary N) is 1. The van der Waals surface area contributed by atoms with E-state index >= 15 is 0 Å². The van der Waals surface area contributed by atoms with Crippen LogP contribution in [0.15, 0.2) is 24.3 Å². The Bertz CT molecular complexity index is 408. The Morgan fingerprint density at radius 2 is 2.00 bits per heavy atom. The van der Waals surface area contributed by atoms with Crippen LogP contribution in [-0.2, 0) is 4.79 Å². The zero-order valence-electron chi connectivity index (χ0n) is 11.3. The van der Waals surface area contributed by atoms with Crippen LogP contribution < -0.4 is 10.1 Å². The van der Waals surface area contributed by atoms with Crippen molar-refractivity contribution < 1.29 is 14.6 Å². The number of amides is 1. The van der Waals surface area contributed by atoms with Gasteiger partial charge in [0.05, 0.1) is 6.10 Å². The average molecular weight is 263 g/mol. The van der Waals surface area contributed by atoms with Crippen molar-refractivity contribution in [2.24, 2.45) is 0 Å². The summed E-state index contributed by atoms with van der Waals surface area (Å²) in [5, 5.41) is 12.4. The lowest BCUT2D eigenvalue weighted by Gasteiger charge is -2.12. The van der Waals surface area contributed by atoms with Gasteiger partial charge in [-0.25, -0.2) is 0 Å². The lowest BCUT2D eigenvalue weighted by atomic mass is 10.1. The highest BCUT2D eigenvalue weighted by atomic mass is 16.5. The molecule has 0 radical (unpaired) electrons. The second-order valence-electron chi connectivity index (χ2n) is 5.08. The van der Waals surface area contributed by atoms with Gasteiger partial charge in [-0.2, -0.15) is 0 Å². The molecule has 0 bridgehead atoms. The lowest BCUT2D eigenvalue weighted by Crippen LogP contribution is -2.36. The van der Waals surface area contributed by atoms with Gasteiger partial charge in [0.1, 0.15) is 5.75 Å². The molecule has 104 valence electrons. The molecule has 1 aromatic carbocycles. The molecule has 1 aliphatic carbocycles. The number of hydrogen-bond acceptors (Lipinski definition) is 3. The summed E-state index contributed by atoms with van der Waals surface area (Å²) in [6, 6.07) is 7.47. The van der Waals surface area contributed by atoms with Crippen molar-refractivity contribution in [3.63, 3.8) is 0 Å².